The molecule has 0 aliphatic carbocycles. The molecular weight excluding hydrogens is 330 g/mol. The van der Waals surface area contributed by atoms with Gasteiger partial charge in [0.25, 0.3) is 11.8 Å². The topological polar surface area (TPSA) is 92.5 Å². The highest BCUT2D eigenvalue weighted by Crippen LogP contribution is 2.29. The highest BCUT2D eigenvalue weighted by atomic mass is 16.2. The van der Waals surface area contributed by atoms with Crippen molar-refractivity contribution in [3.05, 3.63) is 59.7 Å². The molecule has 0 saturated heterocycles. The quantitative estimate of drug-likeness (QED) is 0.810. The van der Waals surface area contributed by atoms with Gasteiger partial charge in [-0.1, -0.05) is 32.0 Å². The molecule has 1 aliphatic heterocycles. The van der Waals surface area contributed by atoms with Crippen LogP contribution in [0.5, 0.6) is 0 Å². The number of hydrogen-bond donors (Lipinski definition) is 2. The van der Waals surface area contributed by atoms with Crippen molar-refractivity contribution >= 4 is 29.1 Å². The molecule has 1 atom stereocenters. The molecule has 0 saturated carbocycles. The number of carbonyl (C=O) groups is 3. The molecule has 3 amide bonds. The van der Waals surface area contributed by atoms with Gasteiger partial charge in [-0.05, 0) is 42.7 Å². The molecule has 3 rings (SSSR count). The first-order valence-corrected chi connectivity index (χ1v) is 8.53. The molecule has 1 heterocycles. The predicted molar refractivity (Wildman–Crippen MR) is 100 cm³/mol. The van der Waals surface area contributed by atoms with Crippen molar-refractivity contribution in [2.75, 3.05) is 10.2 Å². The number of nitrogens with two attached hydrogens (primary N) is 1. The highest BCUT2D eigenvalue weighted by Gasteiger charge is 2.36. The number of benzene rings is 2. The maximum absolute atomic E-state index is 12.6. The van der Waals surface area contributed by atoms with Crippen LogP contribution in [0.25, 0.3) is 0 Å². The number of nitrogens with zero attached hydrogens (tertiary/aromatic N) is 1. The van der Waals surface area contributed by atoms with Crippen molar-refractivity contribution < 1.29 is 14.4 Å². The van der Waals surface area contributed by atoms with Crippen molar-refractivity contribution in [2.45, 2.75) is 26.3 Å². The Bertz CT molecular complexity index is 841. The summed E-state index contributed by atoms with van der Waals surface area (Å²) in [7, 11) is 0. The summed E-state index contributed by atoms with van der Waals surface area (Å²) in [6.07, 6.45) is 0.573. The van der Waals surface area contributed by atoms with Gasteiger partial charge in [-0.15, -0.1) is 0 Å². The lowest BCUT2D eigenvalue weighted by atomic mass is 10.0. The van der Waals surface area contributed by atoms with Gasteiger partial charge in [0.2, 0.25) is 5.91 Å². The van der Waals surface area contributed by atoms with E-state index >= 15 is 0 Å². The maximum Gasteiger partial charge on any atom is 0.266 e. The van der Waals surface area contributed by atoms with Crippen LogP contribution < -0.4 is 16.0 Å². The number of hydrogen-bond acceptors (Lipinski definition) is 4. The minimum absolute atomic E-state index is 0.293. The zero-order chi connectivity index (χ0) is 18.8. The van der Waals surface area contributed by atoms with Gasteiger partial charge in [-0.2, -0.15) is 0 Å². The summed E-state index contributed by atoms with van der Waals surface area (Å²) >= 11 is 0. The van der Waals surface area contributed by atoms with E-state index in [1.54, 1.807) is 48.5 Å². The van der Waals surface area contributed by atoms with Crippen molar-refractivity contribution in [1.29, 1.82) is 0 Å². The average molecular weight is 351 g/mol. The summed E-state index contributed by atoms with van der Waals surface area (Å²) in [5.74, 6) is -0.727. The summed E-state index contributed by atoms with van der Waals surface area (Å²) in [5, 5.41) is 2.75. The second kappa shape index (κ2) is 7.09. The zero-order valence-electron chi connectivity index (χ0n) is 14.7. The van der Waals surface area contributed by atoms with Crippen LogP contribution in [0.1, 0.15) is 41.0 Å². The molecule has 1 aliphatic rings. The summed E-state index contributed by atoms with van der Waals surface area (Å²) in [6.45, 7) is 3.99. The Morgan fingerprint density at radius 3 is 2.23 bits per heavy atom. The summed E-state index contributed by atoms with van der Waals surface area (Å²) in [5.41, 5.74) is 7.56. The number of carbonyl (C=O) groups excluding carboxylic acids is 3. The molecule has 0 radical (unpaired) electrons. The van der Waals surface area contributed by atoms with Crippen LogP contribution in [0, 0.1) is 5.92 Å². The molecule has 2 aromatic rings. The fourth-order valence-electron chi connectivity index (χ4n) is 3.00. The molecule has 26 heavy (non-hydrogen) atoms. The van der Waals surface area contributed by atoms with Gasteiger partial charge in [0, 0.05) is 5.69 Å². The third-order valence-corrected chi connectivity index (χ3v) is 4.23. The van der Waals surface area contributed by atoms with Crippen molar-refractivity contribution in [1.82, 2.24) is 0 Å². The monoisotopic (exact) mass is 351 g/mol. The fourth-order valence-corrected chi connectivity index (χ4v) is 3.00. The third-order valence-electron chi connectivity index (χ3n) is 4.23. The van der Waals surface area contributed by atoms with Gasteiger partial charge in [0.05, 0.1) is 22.9 Å². The van der Waals surface area contributed by atoms with Crippen molar-refractivity contribution in [2.24, 2.45) is 11.7 Å². The molecular formula is C20H21N3O3. The van der Waals surface area contributed by atoms with Crippen LogP contribution in [-0.4, -0.2) is 23.8 Å². The Morgan fingerprint density at radius 2 is 1.65 bits per heavy atom. The summed E-state index contributed by atoms with van der Waals surface area (Å²) in [4.78, 5) is 38.5. The van der Waals surface area contributed by atoms with Gasteiger partial charge >= 0.3 is 0 Å². The number of amides is 3. The zero-order valence-corrected chi connectivity index (χ0v) is 14.7. The predicted octanol–water partition coefficient (Wildman–Crippen LogP) is 2.80. The molecule has 0 fully saturated rings. The maximum atomic E-state index is 12.6. The standard InChI is InChI=1S/C20H21N3O3/c1-12(2)10-17(21)18(24)22-13-6-5-7-14(11-13)23-19(25)15-8-3-4-9-16(15)20(23)26/h3-9,11-12,17H,10,21H2,1-2H3,(H,22,24)/t17-/m0/s1. The number of anilines is 2. The van der Waals surface area contributed by atoms with Crippen LogP contribution in [0.2, 0.25) is 0 Å². The van der Waals surface area contributed by atoms with Crippen molar-refractivity contribution in [3.8, 4) is 0 Å². The van der Waals surface area contributed by atoms with E-state index in [0.29, 0.717) is 34.8 Å². The van der Waals surface area contributed by atoms with E-state index in [4.69, 9.17) is 5.73 Å². The number of rotatable bonds is 5. The SMILES string of the molecule is CC(C)C[C@H](N)C(=O)Nc1cccc(N2C(=O)c3ccccc3C2=O)c1. The molecule has 3 N–H and O–H groups in total. The highest BCUT2D eigenvalue weighted by molar-refractivity contribution is 6.34. The molecule has 134 valence electrons. The lowest BCUT2D eigenvalue weighted by molar-refractivity contribution is -0.117. The van der Waals surface area contributed by atoms with E-state index in [2.05, 4.69) is 5.32 Å². The van der Waals surface area contributed by atoms with E-state index in [-0.39, 0.29) is 17.7 Å². The van der Waals surface area contributed by atoms with E-state index in [9.17, 15) is 14.4 Å². The van der Waals surface area contributed by atoms with Gasteiger partial charge in [-0.3, -0.25) is 14.4 Å². The Hall–Kier alpha value is -2.99. The van der Waals surface area contributed by atoms with Crippen LogP contribution in [0.15, 0.2) is 48.5 Å². The van der Waals surface area contributed by atoms with E-state index in [1.165, 1.54) is 0 Å². The second-order valence-corrected chi connectivity index (χ2v) is 6.77. The molecule has 6 heteroatoms. The largest absolute Gasteiger partial charge is 0.325 e. The van der Waals surface area contributed by atoms with Crippen LogP contribution in [0.3, 0.4) is 0 Å². The first kappa shape index (κ1) is 17.8. The molecule has 0 spiro atoms. The molecule has 0 unspecified atom stereocenters. The fraction of sp³-hybridized carbons (Fsp3) is 0.250. The molecule has 0 bridgehead atoms. The van der Waals surface area contributed by atoms with Gasteiger partial charge in [-0.25, -0.2) is 4.90 Å². The van der Waals surface area contributed by atoms with Crippen molar-refractivity contribution in [3.63, 3.8) is 0 Å². The Kier molecular flexibility index (Phi) is 4.86. The molecule has 0 aromatic heterocycles. The van der Waals surface area contributed by atoms with E-state index < -0.39 is 6.04 Å². The Balaban J connectivity index is 1.82. The molecule has 6 nitrogen and oxygen atoms in total. The third kappa shape index (κ3) is 3.36. The first-order valence-electron chi connectivity index (χ1n) is 8.53. The summed E-state index contributed by atoms with van der Waals surface area (Å²) in [6, 6.07) is 12.7. The Morgan fingerprint density at radius 1 is 1.04 bits per heavy atom. The van der Waals surface area contributed by atoms with Gasteiger partial charge in [0.1, 0.15) is 0 Å². The minimum Gasteiger partial charge on any atom is -0.325 e. The smallest absolute Gasteiger partial charge is 0.266 e. The number of imide groups is 1. The summed E-state index contributed by atoms with van der Waals surface area (Å²) < 4.78 is 0. The van der Waals surface area contributed by atoms with E-state index in [1.807, 2.05) is 13.8 Å². The Labute approximate surface area is 152 Å². The minimum atomic E-state index is -0.613. The normalized spacial score (nSPS) is 14.5. The first-order chi connectivity index (χ1) is 12.4. The number of fused-ring (bicyclic) bond motifs is 1. The van der Waals surface area contributed by atoms with Gasteiger partial charge in [0.15, 0.2) is 0 Å². The van der Waals surface area contributed by atoms with Gasteiger partial charge < -0.3 is 11.1 Å². The second-order valence-electron chi connectivity index (χ2n) is 6.77. The van der Waals surface area contributed by atoms with Crippen LogP contribution in [-0.2, 0) is 4.79 Å². The average Bonchev–Trinajstić information content (AvgIpc) is 2.86. The van der Waals surface area contributed by atoms with Crippen LogP contribution in [0.4, 0.5) is 11.4 Å². The van der Waals surface area contributed by atoms with E-state index in [0.717, 1.165) is 4.90 Å². The van der Waals surface area contributed by atoms with Crippen LogP contribution >= 0.6 is 0 Å². The lowest BCUT2D eigenvalue weighted by Crippen LogP contribution is -2.36. The molecule has 2 aromatic carbocycles. The lowest BCUT2D eigenvalue weighted by Gasteiger charge is -2.17. The number of nitrogens with one attached hydrogen (secondary N) is 1.